The molecule has 3 aromatic rings. The van der Waals surface area contributed by atoms with E-state index in [0.29, 0.717) is 23.0 Å². The monoisotopic (exact) mass is 1240 g/mol. The molecule has 2 heterocycles. The average Bonchev–Trinajstić information content (AvgIpc) is 1.78. The second-order valence-corrected chi connectivity index (χ2v) is 23.5. The third-order valence-corrected chi connectivity index (χ3v) is 16.9. The summed E-state index contributed by atoms with van der Waals surface area (Å²) in [5.74, 6) is -0.675. The third-order valence-electron chi connectivity index (χ3n) is 16.9. The highest BCUT2D eigenvalue weighted by molar-refractivity contribution is 5.99. The van der Waals surface area contributed by atoms with Crippen molar-refractivity contribution in [2.75, 3.05) is 19.7 Å². The first-order valence-electron chi connectivity index (χ1n) is 30.7. The number of benzene rings is 3. The Morgan fingerprint density at radius 1 is 0.611 bits per heavy atom. The molecule has 3 fully saturated rings. The van der Waals surface area contributed by atoms with Gasteiger partial charge in [-0.05, 0) is 99.2 Å². The van der Waals surface area contributed by atoms with Gasteiger partial charge in [0.2, 0.25) is 59.1 Å². The summed E-state index contributed by atoms with van der Waals surface area (Å²) in [6, 6.07) is 15.5. The molecule has 2 aliphatic heterocycles. The topological polar surface area (TPSA) is 418 Å². The fraction of sp³-hybridized carbons (Fsp3) is 0.500. The molecule has 16 N–H and O–H groups in total. The molecular weight excluding hydrogens is 1160 g/mol. The van der Waals surface area contributed by atoms with Gasteiger partial charge in [-0.25, -0.2) is 4.79 Å². The summed E-state index contributed by atoms with van der Waals surface area (Å²) in [7, 11) is 0. The van der Waals surface area contributed by atoms with Crippen LogP contribution < -0.4 is 60.6 Å². The summed E-state index contributed by atoms with van der Waals surface area (Å²) in [5.41, 5.74) is 29.9. The normalized spacial score (nSPS) is 21.0. The Hall–Kier alpha value is -9.54. The summed E-state index contributed by atoms with van der Waals surface area (Å²) >= 11 is 0. The number of carbonyl (C=O) groups excluding carboxylic acids is 11. The number of nitrogens with two attached hydrogens (primary N) is 5. The number of alkyl carbamates (subject to hydrolysis) is 1. The number of aliphatic imine (C=N–C) groups is 1. The first-order chi connectivity index (χ1) is 43.2. The van der Waals surface area contributed by atoms with Gasteiger partial charge in [-0.2, -0.15) is 0 Å². The summed E-state index contributed by atoms with van der Waals surface area (Å²) in [4.78, 5) is 159. The average molecular weight is 1240 g/mol. The molecule has 2 saturated heterocycles. The van der Waals surface area contributed by atoms with Crippen LogP contribution in [0.4, 0.5) is 4.79 Å². The van der Waals surface area contributed by atoms with Crippen molar-refractivity contribution in [3.8, 4) is 11.8 Å². The predicted molar refractivity (Wildman–Crippen MR) is 330 cm³/mol. The van der Waals surface area contributed by atoms with E-state index in [1.165, 1.54) is 9.80 Å². The van der Waals surface area contributed by atoms with Crippen LogP contribution in [0.5, 0.6) is 0 Å². The lowest BCUT2D eigenvalue weighted by atomic mass is 10.0. The highest BCUT2D eigenvalue weighted by Gasteiger charge is 2.50. The zero-order valence-corrected chi connectivity index (χ0v) is 50.7. The van der Waals surface area contributed by atoms with Gasteiger partial charge in [0, 0.05) is 64.1 Å². The van der Waals surface area contributed by atoms with Gasteiger partial charge in [0.1, 0.15) is 48.3 Å². The van der Waals surface area contributed by atoms with Crippen LogP contribution in [0.1, 0.15) is 107 Å². The van der Waals surface area contributed by atoms with Gasteiger partial charge in [0.25, 0.3) is 0 Å². The molecule has 12 atom stereocenters. The van der Waals surface area contributed by atoms with Crippen molar-refractivity contribution in [1.82, 2.24) is 41.7 Å². The van der Waals surface area contributed by atoms with E-state index in [1.807, 2.05) is 6.07 Å². The molecule has 1 saturated carbocycles. The van der Waals surface area contributed by atoms with Crippen LogP contribution >= 0.6 is 0 Å². The molecule has 7 rings (SSSR count). The van der Waals surface area contributed by atoms with E-state index in [2.05, 4.69) is 48.7 Å². The molecule has 0 spiro atoms. The smallest absolute Gasteiger partial charge is 0.407 e. The van der Waals surface area contributed by atoms with Crippen LogP contribution in [0.25, 0.3) is 0 Å². The Kier molecular flexibility index (Phi) is 25.0. The van der Waals surface area contributed by atoms with Gasteiger partial charge in [0.15, 0.2) is 5.96 Å². The molecule has 0 radical (unpaired) electrons. The highest BCUT2D eigenvalue weighted by Crippen LogP contribution is 2.52. The van der Waals surface area contributed by atoms with Crippen LogP contribution in [0.3, 0.4) is 0 Å². The number of guanidine groups is 1. The lowest BCUT2D eigenvalue weighted by Crippen LogP contribution is -2.60. The Morgan fingerprint density at radius 2 is 1.13 bits per heavy atom. The highest BCUT2D eigenvalue weighted by atomic mass is 16.5. The van der Waals surface area contributed by atoms with Gasteiger partial charge >= 0.3 is 6.09 Å². The Morgan fingerprint density at radius 3 is 1.69 bits per heavy atom. The molecule has 482 valence electrons. The van der Waals surface area contributed by atoms with Gasteiger partial charge in [-0.1, -0.05) is 91.0 Å². The molecule has 11 amide bonds. The van der Waals surface area contributed by atoms with E-state index in [0.717, 1.165) is 31.2 Å². The number of nitrogens with zero attached hydrogens (tertiary/aromatic N) is 3. The van der Waals surface area contributed by atoms with Crippen molar-refractivity contribution in [2.24, 2.45) is 51.4 Å². The zero-order valence-electron chi connectivity index (χ0n) is 50.7. The Labute approximate surface area is 523 Å². The number of nitrogens with one attached hydrogen (secondary N) is 6. The molecule has 26 heteroatoms. The maximum Gasteiger partial charge on any atom is 0.407 e. The van der Waals surface area contributed by atoms with E-state index in [1.54, 1.807) is 91.9 Å². The summed E-state index contributed by atoms with van der Waals surface area (Å²) in [6.45, 7) is 1.95. The van der Waals surface area contributed by atoms with E-state index < -0.39 is 126 Å². The lowest BCUT2D eigenvalue weighted by molar-refractivity contribution is -0.145. The van der Waals surface area contributed by atoms with Gasteiger partial charge in [0.05, 0.1) is 6.61 Å². The van der Waals surface area contributed by atoms with E-state index in [-0.39, 0.29) is 102 Å². The largest absolute Gasteiger partial charge is 0.449 e. The number of primary amides is 3. The van der Waals surface area contributed by atoms with Crippen molar-refractivity contribution in [3.63, 3.8) is 0 Å². The van der Waals surface area contributed by atoms with Crippen LogP contribution in [0.2, 0.25) is 0 Å². The van der Waals surface area contributed by atoms with Gasteiger partial charge < -0.3 is 75.1 Å². The molecule has 3 aromatic carbocycles. The van der Waals surface area contributed by atoms with Crippen molar-refractivity contribution in [3.05, 3.63) is 108 Å². The van der Waals surface area contributed by atoms with E-state index >= 15 is 4.79 Å². The second kappa shape index (κ2) is 33.2. The van der Waals surface area contributed by atoms with Crippen LogP contribution in [0.15, 0.2) is 96.0 Å². The minimum atomic E-state index is -1.51. The van der Waals surface area contributed by atoms with Crippen LogP contribution in [-0.2, 0) is 71.9 Å². The number of hydrogen-bond acceptors (Lipinski definition) is 13. The number of hydrogen-bond donors (Lipinski definition) is 11. The zero-order chi connectivity index (χ0) is 64.9. The summed E-state index contributed by atoms with van der Waals surface area (Å²) in [6.07, 6.45) is 1.80. The SMILES string of the molecule is CC1C[C@H](NC(=O)[C@H](Cc2ccccc2)NC(=O)OCC2[C@H]3CCC#CCC[C@@H]23)C(=O)N1[C@@H](Cc1ccccc1)C(=O)N[C@@H](CCC(N)=O)C(=O)N1CCC[C@H]1C(=O)N[C@@H](CCC(N)=O)C(=O)N[C@@H](CCCN=C(N)N)C(=O)N[C@@H](Cc1ccccc1)C(N)=O. The minimum Gasteiger partial charge on any atom is -0.449 e. The van der Waals surface area contributed by atoms with Crippen molar-refractivity contribution >= 4 is 71.1 Å². The van der Waals surface area contributed by atoms with Gasteiger partial charge in [-0.15, -0.1) is 11.8 Å². The first kappa shape index (κ1) is 68.0. The number of amides is 11. The fourth-order valence-corrected chi connectivity index (χ4v) is 12.2. The molecule has 26 nitrogen and oxygen atoms in total. The molecule has 0 aromatic heterocycles. The number of ether oxygens (including phenoxy) is 1. The summed E-state index contributed by atoms with van der Waals surface area (Å²) in [5, 5.41) is 16.2. The molecule has 2 aliphatic carbocycles. The second-order valence-electron chi connectivity index (χ2n) is 23.5. The molecule has 4 aliphatic rings. The molecular formula is C64H84N14O12. The molecule has 90 heavy (non-hydrogen) atoms. The Balaban J connectivity index is 1.06. The maximum atomic E-state index is 15.0. The standard InChI is InChI=1S/C64H84N14O12/c1-38-33-50(75-58(84)49(35-40-19-9-5-10-20-40)76-64(89)90-37-44-42-23-13-2-3-14-24-43(42)44)62(88)78(38)52(36-41-21-11-6-12-22-41)60(86)73-47(28-30-54(66)80)61(87)77-32-16-26-51(77)59(85)72-46(27-29-53(65)79)57(83)71-45(25-15-31-70-63(68)69)56(82)74-48(55(67)81)34-39-17-7-4-8-18-39/h4-12,17-22,38,42-52H,13-16,23-37H2,1H3,(H2,65,79)(H2,66,80)(H2,67,81)(H,71,83)(H,72,85)(H,73,86)(H,74,82)(H,75,84)(H,76,89)(H4,68,69,70)/t38?,42-,43+,44?,45-,46-,47-,48-,49-,50-,51-,52-/m0/s1. The lowest BCUT2D eigenvalue weighted by Gasteiger charge is -2.34. The van der Waals surface area contributed by atoms with Gasteiger partial charge in [-0.3, -0.25) is 52.9 Å². The third kappa shape index (κ3) is 20.0. The molecule has 0 bridgehead atoms. The predicted octanol–water partition coefficient (Wildman–Crippen LogP) is -0.277. The summed E-state index contributed by atoms with van der Waals surface area (Å²) < 4.78 is 5.71. The van der Waals surface area contributed by atoms with Crippen LogP contribution in [0, 0.1) is 29.6 Å². The number of fused-ring (bicyclic) bond motifs is 1. The number of likely N-dealkylation sites (tertiary alicyclic amines) is 2. The Bertz CT molecular complexity index is 3120. The first-order valence-corrected chi connectivity index (χ1v) is 30.7. The quantitative estimate of drug-likeness (QED) is 0.0166. The minimum absolute atomic E-state index is 0.00827. The van der Waals surface area contributed by atoms with E-state index in [9.17, 15) is 47.9 Å². The fourth-order valence-electron chi connectivity index (χ4n) is 12.2. The van der Waals surface area contributed by atoms with Crippen molar-refractivity contribution < 1.29 is 57.5 Å². The maximum absolute atomic E-state index is 15.0. The molecule has 2 unspecified atom stereocenters. The van der Waals surface area contributed by atoms with Crippen LogP contribution in [-0.4, -0.2) is 155 Å². The number of rotatable bonds is 32. The number of carbonyl (C=O) groups is 11. The van der Waals surface area contributed by atoms with Crippen molar-refractivity contribution in [2.45, 2.75) is 164 Å². The van der Waals surface area contributed by atoms with E-state index in [4.69, 9.17) is 33.4 Å². The van der Waals surface area contributed by atoms with Crippen molar-refractivity contribution in [1.29, 1.82) is 0 Å².